The van der Waals surface area contributed by atoms with Crippen LogP contribution in [0, 0.1) is 40.5 Å². The molecule has 0 bridgehead atoms. The number of benzene rings is 2. The van der Waals surface area contributed by atoms with Crippen molar-refractivity contribution in [3.8, 4) is 5.75 Å². The molecule has 2 aromatic carbocycles. The van der Waals surface area contributed by atoms with Crippen LogP contribution in [-0.2, 0) is 0 Å². The summed E-state index contributed by atoms with van der Waals surface area (Å²) in [6, 6.07) is 12.5. The molecule has 1 N–H and O–H groups in total. The fourth-order valence-electron chi connectivity index (χ4n) is 2.71. The summed E-state index contributed by atoms with van der Waals surface area (Å²) in [5.41, 5.74) is -2.07. The Kier molecular flexibility index (Phi) is 8.91. The lowest BCUT2D eigenvalue weighted by molar-refractivity contribution is -0.404. The van der Waals surface area contributed by atoms with Crippen LogP contribution in [0.15, 0.2) is 60.8 Å². The zero-order valence-electron chi connectivity index (χ0n) is 17.1. The second kappa shape index (κ2) is 11.6. The Morgan fingerprint density at radius 2 is 1.23 bits per heavy atom. The Morgan fingerprint density at radius 1 is 0.714 bits per heavy atom. The molecule has 2 atom stereocenters. The SMILES string of the molecule is O=[N+]([O-])c1cc([N+](=O)[O-])c(O)c([N+](=O)[O-])c1.O=[N+]([O-])c1ccccc1C(Cl)C(Cl)c1ccccn1. The van der Waals surface area contributed by atoms with Crippen LogP contribution in [0.1, 0.15) is 22.0 Å². The van der Waals surface area contributed by atoms with Crippen LogP contribution >= 0.6 is 23.2 Å². The normalized spacial score (nSPS) is 11.9. The minimum absolute atomic E-state index is 0.0379. The van der Waals surface area contributed by atoms with Crippen LogP contribution in [0.5, 0.6) is 5.75 Å². The van der Waals surface area contributed by atoms with Crippen molar-refractivity contribution >= 4 is 46.0 Å². The second-order valence-corrected chi connectivity index (χ2v) is 7.42. The highest BCUT2D eigenvalue weighted by atomic mass is 35.5. The predicted molar refractivity (Wildman–Crippen MR) is 123 cm³/mol. The number of hydrogen-bond donors (Lipinski definition) is 1. The summed E-state index contributed by atoms with van der Waals surface area (Å²) in [5.74, 6) is -1.21. The minimum Gasteiger partial charge on any atom is -0.497 e. The molecule has 0 aliphatic rings. The summed E-state index contributed by atoms with van der Waals surface area (Å²) in [5, 5.41) is 49.8. The van der Waals surface area contributed by atoms with Crippen molar-refractivity contribution in [1.29, 1.82) is 0 Å². The van der Waals surface area contributed by atoms with Crippen LogP contribution in [0.3, 0.4) is 0 Å². The Hall–Kier alpha value is -4.43. The molecule has 2 unspecified atom stereocenters. The van der Waals surface area contributed by atoms with Gasteiger partial charge in [-0.15, -0.1) is 23.2 Å². The van der Waals surface area contributed by atoms with Crippen molar-refractivity contribution in [2.45, 2.75) is 10.8 Å². The summed E-state index contributed by atoms with van der Waals surface area (Å²) >= 11 is 12.5. The molecule has 16 heteroatoms. The van der Waals surface area contributed by atoms with Crippen LogP contribution in [0.2, 0.25) is 0 Å². The molecule has 0 fully saturated rings. The van der Waals surface area contributed by atoms with E-state index in [4.69, 9.17) is 28.3 Å². The molecule has 1 aromatic heterocycles. The van der Waals surface area contributed by atoms with E-state index < -0.39 is 53.3 Å². The van der Waals surface area contributed by atoms with E-state index in [-0.39, 0.29) is 5.69 Å². The molecule has 1 heterocycles. The summed E-state index contributed by atoms with van der Waals surface area (Å²) < 4.78 is 0. The van der Waals surface area contributed by atoms with Gasteiger partial charge in [0.25, 0.3) is 17.1 Å². The third kappa shape index (κ3) is 6.55. The standard InChI is InChI=1S/C13H10Cl2N2O2.C6H3N3O7/c14-12(13(15)10-6-3-4-8-16-10)9-5-1-2-7-11(9)17(18)19;10-6-4(8(13)14)1-3(7(11)12)2-5(6)9(15)16/h1-8,12-13H;1-2,10H. The first-order valence-corrected chi connectivity index (χ1v) is 10.1. The Labute approximate surface area is 205 Å². The number of aromatic hydroxyl groups is 1. The van der Waals surface area contributed by atoms with E-state index in [9.17, 15) is 40.5 Å². The van der Waals surface area contributed by atoms with Crippen LogP contribution in [0.4, 0.5) is 22.7 Å². The smallest absolute Gasteiger partial charge is 0.324 e. The van der Waals surface area contributed by atoms with Gasteiger partial charge in [0, 0.05) is 17.8 Å². The first-order chi connectivity index (χ1) is 16.5. The van der Waals surface area contributed by atoms with E-state index in [2.05, 4.69) is 4.98 Å². The predicted octanol–water partition coefficient (Wildman–Crippen LogP) is 5.37. The van der Waals surface area contributed by atoms with Gasteiger partial charge in [0.05, 0.1) is 48.3 Å². The fraction of sp³-hybridized carbons (Fsp3) is 0.105. The summed E-state index contributed by atoms with van der Waals surface area (Å²) in [4.78, 5) is 42.4. The number of alkyl halides is 2. The highest BCUT2D eigenvalue weighted by Gasteiger charge is 2.30. The molecular formula is C19H13Cl2N5O9. The molecule has 3 rings (SSSR count). The lowest BCUT2D eigenvalue weighted by Crippen LogP contribution is -2.05. The largest absolute Gasteiger partial charge is 0.497 e. The van der Waals surface area contributed by atoms with Crippen molar-refractivity contribution in [2.24, 2.45) is 0 Å². The number of pyridine rings is 1. The van der Waals surface area contributed by atoms with Gasteiger partial charge >= 0.3 is 11.4 Å². The maximum absolute atomic E-state index is 11.0. The first-order valence-electron chi connectivity index (χ1n) is 9.18. The number of phenols is 1. The van der Waals surface area contributed by atoms with Crippen molar-refractivity contribution in [3.63, 3.8) is 0 Å². The Balaban J connectivity index is 0.000000251. The first kappa shape index (κ1) is 26.8. The van der Waals surface area contributed by atoms with Gasteiger partial charge in [-0.05, 0) is 12.1 Å². The fourth-order valence-corrected chi connectivity index (χ4v) is 3.29. The van der Waals surface area contributed by atoms with Gasteiger partial charge in [-0.2, -0.15) is 0 Å². The number of nitrogens with zero attached hydrogens (tertiary/aromatic N) is 5. The third-order valence-corrected chi connectivity index (χ3v) is 5.41. The van der Waals surface area contributed by atoms with Crippen molar-refractivity contribution in [1.82, 2.24) is 4.98 Å². The molecular weight excluding hydrogens is 513 g/mol. The van der Waals surface area contributed by atoms with E-state index in [0.717, 1.165) is 0 Å². The van der Waals surface area contributed by atoms with Gasteiger partial charge in [0.15, 0.2) is 0 Å². The van der Waals surface area contributed by atoms with Gasteiger partial charge in [-0.1, -0.05) is 24.3 Å². The number of aromatic nitrogens is 1. The molecule has 14 nitrogen and oxygen atoms in total. The molecule has 35 heavy (non-hydrogen) atoms. The van der Waals surface area contributed by atoms with E-state index >= 15 is 0 Å². The average molecular weight is 526 g/mol. The van der Waals surface area contributed by atoms with Gasteiger partial charge in [-0.3, -0.25) is 45.4 Å². The van der Waals surface area contributed by atoms with E-state index in [1.807, 2.05) is 0 Å². The number of nitro benzene ring substituents is 4. The van der Waals surface area contributed by atoms with Crippen molar-refractivity contribution in [3.05, 3.63) is 113 Å². The molecule has 0 aliphatic carbocycles. The zero-order chi connectivity index (χ0) is 26.3. The topological polar surface area (TPSA) is 206 Å². The molecule has 0 saturated heterocycles. The molecule has 0 spiro atoms. The Bertz CT molecular complexity index is 1240. The van der Waals surface area contributed by atoms with E-state index in [1.165, 1.54) is 6.07 Å². The highest BCUT2D eigenvalue weighted by Crippen LogP contribution is 2.42. The van der Waals surface area contributed by atoms with Gasteiger partial charge in [-0.25, -0.2) is 0 Å². The number of halogens is 2. The number of phenolic OH excluding ortho intramolecular Hbond substituents is 1. The number of rotatable bonds is 7. The lowest BCUT2D eigenvalue weighted by atomic mass is 10.0. The summed E-state index contributed by atoms with van der Waals surface area (Å²) in [7, 11) is 0. The van der Waals surface area contributed by atoms with Gasteiger partial charge in [0.1, 0.15) is 0 Å². The molecule has 0 saturated carbocycles. The Morgan fingerprint density at radius 3 is 1.69 bits per heavy atom. The second-order valence-electron chi connectivity index (χ2n) is 6.48. The summed E-state index contributed by atoms with van der Waals surface area (Å²) in [6.07, 6.45) is 1.60. The number of nitro groups is 4. The molecule has 0 amide bonds. The van der Waals surface area contributed by atoms with Crippen molar-refractivity contribution in [2.75, 3.05) is 0 Å². The third-order valence-electron chi connectivity index (χ3n) is 4.32. The number of hydrogen-bond acceptors (Lipinski definition) is 10. The number of para-hydroxylation sites is 1. The zero-order valence-corrected chi connectivity index (χ0v) is 18.6. The van der Waals surface area contributed by atoms with Gasteiger partial charge in [0.2, 0.25) is 0 Å². The lowest BCUT2D eigenvalue weighted by Gasteiger charge is -2.15. The van der Waals surface area contributed by atoms with Crippen molar-refractivity contribution < 1.29 is 24.8 Å². The molecule has 182 valence electrons. The monoisotopic (exact) mass is 525 g/mol. The number of non-ortho nitro benzene ring substituents is 1. The average Bonchev–Trinajstić information content (AvgIpc) is 2.83. The molecule has 0 aliphatic heterocycles. The van der Waals surface area contributed by atoms with Gasteiger partial charge < -0.3 is 5.11 Å². The minimum atomic E-state index is -1.21. The van der Waals surface area contributed by atoms with E-state index in [1.54, 1.807) is 42.6 Å². The molecule has 3 aromatic rings. The maximum atomic E-state index is 11.0. The van der Waals surface area contributed by atoms with Crippen LogP contribution in [-0.4, -0.2) is 29.8 Å². The van der Waals surface area contributed by atoms with Crippen LogP contribution in [0.25, 0.3) is 0 Å². The quantitative estimate of drug-likeness (QED) is 0.237. The van der Waals surface area contributed by atoms with Crippen LogP contribution < -0.4 is 0 Å². The highest BCUT2D eigenvalue weighted by molar-refractivity contribution is 6.30. The maximum Gasteiger partial charge on any atom is 0.324 e. The van der Waals surface area contributed by atoms with E-state index in [0.29, 0.717) is 23.4 Å². The molecule has 0 radical (unpaired) electrons. The summed E-state index contributed by atoms with van der Waals surface area (Å²) in [6.45, 7) is 0.